The van der Waals surface area contributed by atoms with Crippen LogP contribution >= 0.6 is 11.3 Å². The van der Waals surface area contributed by atoms with Crippen molar-refractivity contribution >= 4 is 22.2 Å². The van der Waals surface area contributed by atoms with Crippen LogP contribution in [-0.4, -0.2) is 20.4 Å². The lowest BCUT2D eigenvalue weighted by molar-refractivity contribution is 0.452. The van der Waals surface area contributed by atoms with Crippen molar-refractivity contribution < 1.29 is 14.6 Å². The van der Waals surface area contributed by atoms with Gasteiger partial charge in [-0.15, -0.1) is 10.2 Å². The maximum absolute atomic E-state index is 13.1. The Balaban J connectivity index is 1.86. The lowest BCUT2D eigenvalue weighted by atomic mass is 10.2. The Kier molecular flexibility index (Phi) is 3.41. The van der Waals surface area contributed by atoms with E-state index in [9.17, 15) is 14.6 Å². The van der Waals surface area contributed by atoms with E-state index in [2.05, 4.69) is 15.5 Å². The van der Waals surface area contributed by atoms with E-state index in [4.69, 9.17) is 0 Å². The van der Waals surface area contributed by atoms with Crippen molar-refractivity contribution in [1.82, 2.24) is 10.2 Å². The zero-order valence-electron chi connectivity index (χ0n) is 10.6. The molecule has 1 aromatic heterocycles. The number of benzene rings is 2. The van der Waals surface area contributed by atoms with Crippen molar-refractivity contribution in [2.75, 3.05) is 5.32 Å². The van der Waals surface area contributed by atoms with Crippen molar-refractivity contribution in [3.05, 3.63) is 48.3 Å². The molecule has 0 radical (unpaired) electrons. The molecule has 0 unspecified atom stereocenters. The summed E-state index contributed by atoms with van der Waals surface area (Å²) in [5.41, 5.74) is 1.03. The summed E-state index contributed by atoms with van der Waals surface area (Å²) in [6.45, 7) is 0. The third-order valence-electron chi connectivity index (χ3n) is 2.71. The van der Waals surface area contributed by atoms with E-state index in [1.54, 1.807) is 18.2 Å². The van der Waals surface area contributed by atoms with Crippen LogP contribution in [0.15, 0.2) is 42.5 Å². The van der Waals surface area contributed by atoms with Crippen LogP contribution in [-0.2, 0) is 0 Å². The maximum Gasteiger partial charge on any atom is 0.210 e. The minimum Gasteiger partial charge on any atom is -0.508 e. The highest BCUT2D eigenvalue weighted by Gasteiger charge is 2.11. The molecule has 0 atom stereocenters. The summed E-state index contributed by atoms with van der Waals surface area (Å²) < 4.78 is 13.1. The first-order valence-electron chi connectivity index (χ1n) is 6.00. The van der Waals surface area contributed by atoms with Crippen LogP contribution < -0.4 is 5.32 Å². The molecule has 0 spiro atoms. The molecule has 106 valence electrons. The Labute approximate surface area is 123 Å². The average molecular weight is 303 g/mol. The van der Waals surface area contributed by atoms with Gasteiger partial charge >= 0.3 is 0 Å². The molecule has 21 heavy (non-hydrogen) atoms. The molecular formula is C14H10FN3O2S. The molecule has 0 saturated heterocycles. The fraction of sp³-hybridized carbons (Fsp3) is 0. The second-order valence-corrected chi connectivity index (χ2v) is 5.23. The molecule has 7 heteroatoms. The summed E-state index contributed by atoms with van der Waals surface area (Å²) in [5, 5.41) is 30.9. The number of phenols is 2. The van der Waals surface area contributed by atoms with E-state index in [1.165, 1.54) is 35.6 Å². The fourth-order valence-corrected chi connectivity index (χ4v) is 2.57. The second-order valence-electron chi connectivity index (χ2n) is 4.25. The number of halogens is 1. The number of phenolic OH excluding ortho intramolecular Hbond substituents is 2. The Bertz CT molecular complexity index is 791. The molecule has 0 amide bonds. The molecule has 3 aromatic rings. The number of nitrogens with one attached hydrogen (secondary N) is 1. The molecule has 0 saturated carbocycles. The molecule has 0 aliphatic carbocycles. The van der Waals surface area contributed by atoms with Gasteiger partial charge in [-0.25, -0.2) is 4.39 Å². The summed E-state index contributed by atoms with van der Waals surface area (Å²) in [6, 6.07) is 10.2. The lowest BCUT2D eigenvalue weighted by Crippen LogP contribution is -1.89. The van der Waals surface area contributed by atoms with E-state index >= 15 is 0 Å². The zero-order valence-corrected chi connectivity index (χ0v) is 11.4. The van der Waals surface area contributed by atoms with Crippen molar-refractivity contribution in [1.29, 1.82) is 0 Å². The van der Waals surface area contributed by atoms with Gasteiger partial charge in [-0.2, -0.15) is 0 Å². The van der Waals surface area contributed by atoms with Crippen LogP contribution in [0.3, 0.4) is 0 Å². The summed E-state index contributed by atoms with van der Waals surface area (Å²) in [5.74, 6) is -0.455. The van der Waals surface area contributed by atoms with Gasteiger partial charge in [0, 0.05) is 11.8 Å². The molecule has 2 aromatic carbocycles. The average Bonchev–Trinajstić information content (AvgIpc) is 2.87. The predicted octanol–water partition coefficient (Wildman–Crippen LogP) is 3.50. The van der Waals surface area contributed by atoms with E-state index in [0.717, 1.165) is 0 Å². The number of aromatic nitrogens is 2. The van der Waals surface area contributed by atoms with Crippen molar-refractivity contribution in [2.24, 2.45) is 0 Å². The third-order valence-corrected chi connectivity index (χ3v) is 3.58. The summed E-state index contributed by atoms with van der Waals surface area (Å²) in [7, 11) is 0. The Morgan fingerprint density at radius 3 is 2.67 bits per heavy atom. The summed E-state index contributed by atoms with van der Waals surface area (Å²) in [4.78, 5) is 0. The second kappa shape index (κ2) is 5.37. The summed E-state index contributed by atoms with van der Waals surface area (Å²) in [6.07, 6.45) is 0. The molecule has 0 aliphatic rings. The minimum absolute atomic E-state index is 0.0288. The van der Waals surface area contributed by atoms with E-state index in [0.29, 0.717) is 21.4 Å². The normalized spacial score (nSPS) is 10.5. The summed E-state index contributed by atoms with van der Waals surface area (Å²) >= 11 is 1.21. The fourth-order valence-electron chi connectivity index (χ4n) is 1.77. The SMILES string of the molecule is Oc1ccc(-c2nnc(Nc3cccc(F)c3)s2)c(O)c1. The van der Waals surface area contributed by atoms with Gasteiger partial charge in [0.15, 0.2) is 5.01 Å². The number of hydrogen-bond acceptors (Lipinski definition) is 6. The number of aromatic hydroxyl groups is 2. The molecule has 5 nitrogen and oxygen atoms in total. The molecular weight excluding hydrogens is 293 g/mol. The zero-order chi connectivity index (χ0) is 14.8. The topological polar surface area (TPSA) is 78.3 Å². The first-order valence-corrected chi connectivity index (χ1v) is 6.82. The van der Waals surface area contributed by atoms with Crippen LogP contribution in [0.2, 0.25) is 0 Å². The maximum atomic E-state index is 13.1. The Morgan fingerprint density at radius 2 is 1.90 bits per heavy atom. The lowest BCUT2D eigenvalue weighted by Gasteiger charge is -2.01. The van der Waals surface area contributed by atoms with Crippen LogP contribution in [0.25, 0.3) is 10.6 Å². The van der Waals surface area contributed by atoms with Gasteiger partial charge in [-0.3, -0.25) is 0 Å². The highest BCUT2D eigenvalue weighted by molar-refractivity contribution is 7.18. The molecule has 3 rings (SSSR count). The van der Waals surface area contributed by atoms with Crippen molar-refractivity contribution in [3.63, 3.8) is 0 Å². The van der Waals surface area contributed by atoms with Crippen LogP contribution in [0.4, 0.5) is 15.2 Å². The smallest absolute Gasteiger partial charge is 0.210 e. The first kappa shape index (κ1) is 13.3. The number of hydrogen-bond donors (Lipinski definition) is 3. The predicted molar refractivity (Wildman–Crippen MR) is 78.4 cm³/mol. The van der Waals surface area contributed by atoms with Gasteiger partial charge in [0.25, 0.3) is 0 Å². The molecule has 1 heterocycles. The Morgan fingerprint density at radius 1 is 1.05 bits per heavy atom. The standard InChI is InChI=1S/C14H10FN3O2S/c15-8-2-1-3-9(6-8)16-14-18-17-13(21-14)11-5-4-10(19)7-12(11)20/h1-7,19-20H,(H,16,18). The molecule has 0 fully saturated rings. The van der Waals surface area contributed by atoms with Gasteiger partial charge in [0.1, 0.15) is 17.3 Å². The van der Waals surface area contributed by atoms with E-state index in [-0.39, 0.29) is 17.3 Å². The van der Waals surface area contributed by atoms with Crippen LogP contribution in [0.5, 0.6) is 11.5 Å². The van der Waals surface area contributed by atoms with Gasteiger partial charge in [-0.1, -0.05) is 17.4 Å². The van der Waals surface area contributed by atoms with Crippen molar-refractivity contribution in [3.8, 4) is 22.1 Å². The Hall–Kier alpha value is -2.67. The monoisotopic (exact) mass is 303 g/mol. The minimum atomic E-state index is -0.346. The van der Waals surface area contributed by atoms with E-state index < -0.39 is 0 Å². The van der Waals surface area contributed by atoms with Crippen LogP contribution in [0.1, 0.15) is 0 Å². The number of anilines is 2. The van der Waals surface area contributed by atoms with Gasteiger partial charge in [0.2, 0.25) is 5.13 Å². The third kappa shape index (κ3) is 2.92. The largest absolute Gasteiger partial charge is 0.508 e. The van der Waals surface area contributed by atoms with Gasteiger partial charge in [-0.05, 0) is 30.3 Å². The first-order chi connectivity index (χ1) is 10.1. The van der Waals surface area contributed by atoms with Gasteiger partial charge in [0.05, 0.1) is 5.56 Å². The quantitative estimate of drug-likeness (QED) is 0.690. The van der Waals surface area contributed by atoms with Gasteiger partial charge < -0.3 is 15.5 Å². The van der Waals surface area contributed by atoms with Crippen LogP contribution in [0, 0.1) is 5.82 Å². The highest BCUT2D eigenvalue weighted by Crippen LogP contribution is 2.35. The molecule has 3 N–H and O–H groups in total. The highest BCUT2D eigenvalue weighted by atomic mass is 32.1. The number of rotatable bonds is 3. The molecule has 0 aliphatic heterocycles. The van der Waals surface area contributed by atoms with Crippen molar-refractivity contribution in [2.45, 2.75) is 0 Å². The van der Waals surface area contributed by atoms with E-state index in [1.807, 2.05) is 0 Å². The number of nitrogens with zero attached hydrogens (tertiary/aromatic N) is 2. The molecule has 0 bridgehead atoms.